The van der Waals surface area contributed by atoms with Gasteiger partial charge in [0.05, 0.1) is 30.0 Å². The fourth-order valence-electron chi connectivity index (χ4n) is 1.98. The van der Waals surface area contributed by atoms with E-state index in [1.165, 1.54) is 0 Å². The molecule has 102 valence electrons. The monoisotopic (exact) mass is 244 g/mol. The number of hydrogen-bond acceptors (Lipinski definition) is 3. The van der Waals surface area contributed by atoms with E-state index in [0.29, 0.717) is 6.61 Å². The van der Waals surface area contributed by atoms with Crippen LogP contribution in [-0.2, 0) is 14.2 Å². The summed E-state index contributed by atoms with van der Waals surface area (Å²) in [5.41, 5.74) is -0.250. The second-order valence-corrected chi connectivity index (χ2v) is 6.91. The van der Waals surface area contributed by atoms with E-state index in [-0.39, 0.29) is 29.5 Å². The molecule has 1 fully saturated rings. The molecule has 1 saturated heterocycles. The van der Waals surface area contributed by atoms with Gasteiger partial charge < -0.3 is 14.2 Å². The summed E-state index contributed by atoms with van der Waals surface area (Å²) >= 11 is 0. The van der Waals surface area contributed by atoms with Gasteiger partial charge in [0, 0.05) is 6.42 Å². The van der Waals surface area contributed by atoms with E-state index >= 15 is 0 Å². The second kappa shape index (κ2) is 5.25. The minimum atomic E-state index is -0.127. The number of hydrogen-bond donors (Lipinski definition) is 0. The molecule has 17 heavy (non-hydrogen) atoms. The Kier molecular flexibility index (Phi) is 4.61. The molecule has 0 radical (unpaired) electrons. The van der Waals surface area contributed by atoms with Crippen LogP contribution in [0.4, 0.5) is 0 Å². The van der Waals surface area contributed by atoms with Crippen LogP contribution in [-0.4, -0.2) is 36.1 Å². The van der Waals surface area contributed by atoms with Gasteiger partial charge in [-0.15, -0.1) is 0 Å². The summed E-state index contributed by atoms with van der Waals surface area (Å²) in [6.07, 6.45) is 1.42. The van der Waals surface area contributed by atoms with E-state index in [0.717, 1.165) is 6.42 Å². The predicted molar refractivity (Wildman–Crippen MR) is 69.3 cm³/mol. The van der Waals surface area contributed by atoms with Crippen LogP contribution in [0.5, 0.6) is 0 Å². The molecule has 3 atom stereocenters. The Morgan fingerprint density at radius 2 is 1.65 bits per heavy atom. The van der Waals surface area contributed by atoms with E-state index in [4.69, 9.17) is 14.2 Å². The van der Waals surface area contributed by atoms with Gasteiger partial charge in [0.2, 0.25) is 0 Å². The molecule has 0 bridgehead atoms. The molecule has 0 aromatic rings. The zero-order valence-corrected chi connectivity index (χ0v) is 12.4. The normalized spacial score (nSPS) is 30.9. The summed E-state index contributed by atoms with van der Waals surface area (Å²) in [5.74, 6) is 0. The first kappa shape index (κ1) is 14.9. The maximum Gasteiger partial charge on any atom is 0.107 e. The molecular weight excluding hydrogens is 216 g/mol. The van der Waals surface area contributed by atoms with E-state index in [9.17, 15) is 0 Å². The highest BCUT2D eigenvalue weighted by Crippen LogP contribution is 2.28. The molecule has 1 rings (SSSR count). The SMILES string of the molecule is CC1CC(OC(C)(C)C)C(COC(C)(C)C)O1. The first-order valence-electron chi connectivity index (χ1n) is 6.54. The Bertz CT molecular complexity index is 237. The van der Waals surface area contributed by atoms with Crippen LogP contribution in [0.1, 0.15) is 54.9 Å². The maximum atomic E-state index is 6.04. The van der Waals surface area contributed by atoms with Gasteiger partial charge in [-0.05, 0) is 48.5 Å². The molecule has 1 aliphatic rings. The molecule has 0 aromatic carbocycles. The van der Waals surface area contributed by atoms with Crippen molar-refractivity contribution in [3.8, 4) is 0 Å². The molecule has 0 N–H and O–H groups in total. The standard InChI is InChI=1S/C14H28O3/c1-10-8-11(17-14(5,6)7)12(16-10)9-15-13(2,3)4/h10-12H,8-9H2,1-7H3. The van der Waals surface area contributed by atoms with E-state index in [1.54, 1.807) is 0 Å². The highest BCUT2D eigenvalue weighted by atomic mass is 16.6. The van der Waals surface area contributed by atoms with Gasteiger partial charge in [-0.1, -0.05) is 0 Å². The smallest absolute Gasteiger partial charge is 0.107 e. The van der Waals surface area contributed by atoms with Crippen LogP contribution < -0.4 is 0 Å². The fraction of sp³-hybridized carbons (Fsp3) is 1.00. The highest BCUT2D eigenvalue weighted by molar-refractivity contribution is 4.84. The number of ether oxygens (including phenoxy) is 3. The molecule has 1 heterocycles. The molecule has 0 spiro atoms. The van der Waals surface area contributed by atoms with E-state index in [2.05, 4.69) is 48.5 Å². The molecule has 0 amide bonds. The van der Waals surface area contributed by atoms with Crippen molar-refractivity contribution in [2.24, 2.45) is 0 Å². The summed E-state index contributed by atoms with van der Waals surface area (Å²) in [7, 11) is 0. The molecule has 3 unspecified atom stereocenters. The van der Waals surface area contributed by atoms with Gasteiger partial charge in [-0.2, -0.15) is 0 Å². The van der Waals surface area contributed by atoms with Gasteiger partial charge in [-0.25, -0.2) is 0 Å². The quantitative estimate of drug-likeness (QED) is 0.763. The third kappa shape index (κ3) is 5.84. The third-order valence-corrected chi connectivity index (χ3v) is 2.57. The van der Waals surface area contributed by atoms with Crippen LogP contribution in [0.3, 0.4) is 0 Å². The van der Waals surface area contributed by atoms with Crippen molar-refractivity contribution in [3.63, 3.8) is 0 Å². The van der Waals surface area contributed by atoms with Gasteiger partial charge in [0.1, 0.15) is 6.10 Å². The van der Waals surface area contributed by atoms with Gasteiger partial charge in [0.15, 0.2) is 0 Å². The summed E-state index contributed by atoms with van der Waals surface area (Å²) in [5, 5.41) is 0. The summed E-state index contributed by atoms with van der Waals surface area (Å²) in [4.78, 5) is 0. The van der Waals surface area contributed by atoms with Crippen molar-refractivity contribution in [2.75, 3.05) is 6.61 Å². The lowest BCUT2D eigenvalue weighted by molar-refractivity contribution is -0.127. The largest absolute Gasteiger partial charge is 0.373 e. The van der Waals surface area contributed by atoms with Gasteiger partial charge >= 0.3 is 0 Å². The average Bonchev–Trinajstić information content (AvgIpc) is 2.38. The fourth-order valence-corrected chi connectivity index (χ4v) is 1.98. The van der Waals surface area contributed by atoms with Crippen molar-refractivity contribution in [3.05, 3.63) is 0 Å². The predicted octanol–water partition coefficient (Wildman–Crippen LogP) is 3.16. The van der Waals surface area contributed by atoms with Crippen molar-refractivity contribution < 1.29 is 14.2 Å². The molecule has 3 heteroatoms. The zero-order chi connectivity index (χ0) is 13.3. The molecule has 0 aliphatic carbocycles. The highest BCUT2D eigenvalue weighted by Gasteiger charge is 2.37. The first-order valence-corrected chi connectivity index (χ1v) is 6.54. The molecule has 0 saturated carbocycles. The summed E-state index contributed by atoms with van der Waals surface area (Å²) < 4.78 is 17.7. The van der Waals surface area contributed by atoms with Crippen molar-refractivity contribution in [2.45, 2.75) is 84.4 Å². The van der Waals surface area contributed by atoms with Crippen molar-refractivity contribution >= 4 is 0 Å². The van der Waals surface area contributed by atoms with E-state index in [1.807, 2.05) is 0 Å². The molecular formula is C14H28O3. The third-order valence-electron chi connectivity index (χ3n) is 2.57. The maximum absolute atomic E-state index is 6.04. The Morgan fingerprint density at radius 1 is 1.06 bits per heavy atom. The van der Waals surface area contributed by atoms with Crippen molar-refractivity contribution in [1.82, 2.24) is 0 Å². The summed E-state index contributed by atoms with van der Waals surface area (Å²) in [6.45, 7) is 15.1. The Balaban J connectivity index is 2.51. The van der Waals surface area contributed by atoms with Crippen LogP contribution in [0.25, 0.3) is 0 Å². The zero-order valence-electron chi connectivity index (χ0n) is 12.4. The van der Waals surface area contributed by atoms with Crippen LogP contribution >= 0.6 is 0 Å². The number of rotatable bonds is 3. The van der Waals surface area contributed by atoms with Crippen LogP contribution in [0.15, 0.2) is 0 Å². The topological polar surface area (TPSA) is 27.7 Å². The van der Waals surface area contributed by atoms with Gasteiger partial charge in [0.25, 0.3) is 0 Å². The van der Waals surface area contributed by atoms with Crippen LogP contribution in [0, 0.1) is 0 Å². The van der Waals surface area contributed by atoms with Gasteiger partial charge in [-0.3, -0.25) is 0 Å². The lowest BCUT2D eigenvalue weighted by Gasteiger charge is -2.29. The van der Waals surface area contributed by atoms with Crippen molar-refractivity contribution in [1.29, 1.82) is 0 Å². The molecule has 3 nitrogen and oxygen atoms in total. The minimum Gasteiger partial charge on any atom is -0.373 e. The molecule has 0 aromatic heterocycles. The Hall–Kier alpha value is -0.120. The summed E-state index contributed by atoms with van der Waals surface area (Å²) in [6, 6.07) is 0. The Labute approximate surface area is 106 Å². The average molecular weight is 244 g/mol. The Morgan fingerprint density at radius 3 is 2.12 bits per heavy atom. The van der Waals surface area contributed by atoms with E-state index < -0.39 is 0 Å². The molecule has 1 aliphatic heterocycles. The lowest BCUT2D eigenvalue weighted by atomic mass is 10.1. The second-order valence-electron chi connectivity index (χ2n) is 6.91. The van der Waals surface area contributed by atoms with Crippen LogP contribution in [0.2, 0.25) is 0 Å². The lowest BCUT2D eigenvalue weighted by Crippen LogP contribution is -2.37. The first-order chi connectivity index (χ1) is 7.57. The minimum absolute atomic E-state index is 0.0587.